The molecule has 1 amide bonds. The summed E-state index contributed by atoms with van der Waals surface area (Å²) in [5.41, 5.74) is 1.72. The smallest absolute Gasteiger partial charge is 0.228 e. The summed E-state index contributed by atoms with van der Waals surface area (Å²) in [4.78, 5) is 23.4. The summed E-state index contributed by atoms with van der Waals surface area (Å²) in [5, 5.41) is 2.86. The molecule has 1 fully saturated rings. The van der Waals surface area contributed by atoms with Crippen molar-refractivity contribution in [1.29, 1.82) is 0 Å². The minimum atomic E-state index is 0.201. The van der Waals surface area contributed by atoms with Gasteiger partial charge in [-0.3, -0.25) is 9.78 Å². The van der Waals surface area contributed by atoms with Gasteiger partial charge in [0, 0.05) is 24.7 Å². The van der Waals surface area contributed by atoms with Crippen molar-refractivity contribution in [3.05, 3.63) is 35.5 Å². The average molecular weight is 315 g/mol. The lowest BCUT2D eigenvalue weighted by molar-refractivity contribution is -0.130. The van der Waals surface area contributed by atoms with Gasteiger partial charge < -0.3 is 4.90 Å². The number of carbonyl (C=O) groups excluding carboxylic acids is 1. The third-order valence-corrected chi connectivity index (χ3v) is 4.70. The third kappa shape index (κ3) is 3.91. The lowest BCUT2D eigenvalue weighted by atomic mass is 10.2. The van der Waals surface area contributed by atoms with Crippen molar-refractivity contribution in [3.8, 4) is 10.7 Å². The molecule has 0 saturated heterocycles. The Bertz CT molecular complexity index is 622. The highest BCUT2D eigenvalue weighted by Crippen LogP contribution is 2.30. The van der Waals surface area contributed by atoms with Crippen LogP contribution in [0.5, 0.6) is 0 Å². The van der Waals surface area contributed by atoms with E-state index < -0.39 is 0 Å². The van der Waals surface area contributed by atoms with Crippen LogP contribution >= 0.6 is 11.3 Å². The van der Waals surface area contributed by atoms with Crippen LogP contribution in [0.1, 0.15) is 31.9 Å². The number of pyridine rings is 1. The van der Waals surface area contributed by atoms with Gasteiger partial charge in [0.05, 0.1) is 17.8 Å². The molecule has 1 saturated carbocycles. The van der Waals surface area contributed by atoms with E-state index in [4.69, 9.17) is 0 Å². The number of hydrogen-bond donors (Lipinski definition) is 0. The normalized spacial score (nSPS) is 14.0. The average Bonchev–Trinajstić information content (AvgIpc) is 3.24. The Morgan fingerprint density at radius 1 is 1.41 bits per heavy atom. The summed E-state index contributed by atoms with van der Waals surface area (Å²) < 4.78 is 0. The second-order valence-corrected chi connectivity index (χ2v) is 6.68. The number of aromatic nitrogens is 2. The highest BCUT2D eigenvalue weighted by molar-refractivity contribution is 7.13. The number of nitrogens with zero attached hydrogens (tertiary/aromatic N) is 3. The molecule has 0 radical (unpaired) electrons. The highest BCUT2D eigenvalue weighted by Gasteiger charge is 2.26. The zero-order chi connectivity index (χ0) is 15.4. The quantitative estimate of drug-likeness (QED) is 0.787. The van der Waals surface area contributed by atoms with Crippen LogP contribution in [0.4, 0.5) is 0 Å². The van der Waals surface area contributed by atoms with E-state index in [1.54, 1.807) is 17.5 Å². The van der Waals surface area contributed by atoms with Gasteiger partial charge in [0.2, 0.25) is 5.91 Å². The van der Waals surface area contributed by atoms with E-state index in [1.165, 1.54) is 12.8 Å². The molecular formula is C17H21N3OS. The van der Waals surface area contributed by atoms with Crippen LogP contribution in [0.25, 0.3) is 10.7 Å². The first-order chi connectivity index (χ1) is 10.8. The van der Waals surface area contributed by atoms with Gasteiger partial charge >= 0.3 is 0 Å². The lowest BCUT2D eigenvalue weighted by Gasteiger charge is -2.21. The molecule has 0 N–H and O–H groups in total. The zero-order valence-corrected chi connectivity index (χ0v) is 13.7. The SMILES string of the molecule is CCCN(CC1CC1)C(=O)Cc1csc(-c2ccccn2)n1. The summed E-state index contributed by atoms with van der Waals surface area (Å²) in [6.07, 6.45) is 5.72. The molecular weight excluding hydrogens is 294 g/mol. The molecule has 0 atom stereocenters. The van der Waals surface area contributed by atoms with Gasteiger partial charge in [-0.2, -0.15) is 0 Å². The van der Waals surface area contributed by atoms with Gasteiger partial charge in [-0.05, 0) is 37.3 Å². The molecule has 0 spiro atoms. The predicted molar refractivity (Wildman–Crippen MR) is 88.6 cm³/mol. The highest BCUT2D eigenvalue weighted by atomic mass is 32.1. The molecule has 2 aromatic rings. The summed E-state index contributed by atoms with van der Waals surface area (Å²) in [5.74, 6) is 0.932. The summed E-state index contributed by atoms with van der Waals surface area (Å²) in [7, 11) is 0. The van der Waals surface area contributed by atoms with Crippen LogP contribution in [-0.2, 0) is 11.2 Å². The largest absolute Gasteiger partial charge is 0.342 e. The molecule has 1 aliphatic carbocycles. The van der Waals surface area contributed by atoms with Crippen LogP contribution in [0, 0.1) is 5.92 Å². The van der Waals surface area contributed by atoms with Crippen molar-refractivity contribution < 1.29 is 4.79 Å². The first-order valence-corrected chi connectivity index (χ1v) is 8.77. The van der Waals surface area contributed by atoms with Gasteiger partial charge in [0.1, 0.15) is 5.01 Å². The van der Waals surface area contributed by atoms with Crippen LogP contribution in [0.3, 0.4) is 0 Å². The molecule has 0 aliphatic heterocycles. The molecule has 5 heteroatoms. The fourth-order valence-corrected chi connectivity index (χ4v) is 3.26. The van der Waals surface area contributed by atoms with Crippen LogP contribution in [-0.4, -0.2) is 33.9 Å². The zero-order valence-electron chi connectivity index (χ0n) is 12.9. The van der Waals surface area contributed by atoms with Crippen molar-refractivity contribution in [2.24, 2.45) is 5.92 Å². The number of rotatable bonds is 7. The molecule has 0 bridgehead atoms. The second kappa shape index (κ2) is 7.01. The first kappa shape index (κ1) is 15.2. The molecule has 22 heavy (non-hydrogen) atoms. The maximum absolute atomic E-state index is 12.5. The number of thiazole rings is 1. The van der Waals surface area contributed by atoms with E-state index in [0.29, 0.717) is 6.42 Å². The summed E-state index contributed by atoms with van der Waals surface area (Å²) >= 11 is 1.55. The molecule has 2 aromatic heterocycles. The molecule has 1 aliphatic rings. The topological polar surface area (TPSA) is 46.1 Å². The summed E-state index contributed by atoms with van der Waals surface area (Å²) in [6.45, 7) is 3.89. The number of hydrogen-bond acceptors (Lipinski definition) is 4. The third-order valence-electron chi connectivity index (χ3n) is 3.79. The van der Waals surface area contributed by atoms with Gasteiger partial charge in [-0.15, -0.1) is 11.3 Å². The van der Waals surface area contributed by atoms with Crippen molar-refractivity contribution in [3.63, 3.8) is 0 Å². The Morgan fingerprint density at radius 3 is 2.95 bits per heavy atom. The molecule has 0 unspecified atom stereocenters. The summed E-state index contributed by atoms with van der Waals surface area (Å²) in [6, 6.07) is 5.79. The van der Waals surface area contributed by atoms with Crippen molar-refractivity contribution in [1.82, 2.24) is 14.9 Å². The van der Waals surface area contributed by atoms with Gasteiger partial charge in [0.25, 0.3) is 0 Å². The van der Waals surface area contributed by atoms with E-state index in [-0.39, 0.29) is 5.91 Å². The maximum Gasteiger partial charge on any atom is 0.228 e. The van der Waals surface area contributed by atoms with E-state index in [1.807, 2.05) is 28.5 Å². The fourth-order valence-electron chi connectivity index (χ4n) is 2.46. The molecule has 2 heterocycles. The number of carbonyl (C=O) groups is 1. The fraction of sp³-hybridized carbons (Fsp3) is 0.471. The van der Waals surface area contributed by atoms with E-state index in [9.17, 15) is 4.79 Å². The maximum atomic E-state index is 12.5. The lowest BCUT2D eigenvalue weighted by Crippen LogP contribution is -2.34. The minimum absolute atomic E-state index is 0.201. The van der Waals surface area contributed by atoms with Crippen molar-refractivity contribution >= 4 is 17.2 Å². The number of amides is 1. The second-order valence-electron chi connectivity index (χ2n) is 5.82. The van der Waals surface area contributed by atoms with Crippen LogP contribution < -0.4 is 0 Å². The predicted octanol–water partition coefficient (Wildman–Crippen LogP) is 3.40. The molecule has 3 rings (SSSR count). The van der Waals surface area contributed by atoms with Gasteiger partial charge in [0.15, 0.2) is 0 Å². The Balaban J connectivity index is 1.64. The van der Waals surface area contributed by atoms with Crippen LogP contribution in [0.15, 0.2) is 29.8 Å². The Kier molecular flexibility index (Phi) is 4.83. The molecule has 116 valence electrons. The monoisotopic (exact) mass is 315 g/mol. The van der Waals surface area contributed by atoms with Crippen LogP contribution in [0.2, 0.25) is 0 Å². The first-order valence-electron chi connectivity index (χ1n) is 7.90. The Hall–Kier alpha value is -1.75. The standard InChI is InChI=1S/C17H21N3OS/c1-2-9-20(11-13-6-7-13)16(21)10-14-12-22-17(19-14)15-5-3-4-8-18-15/h3-5,8,12-13H,2,6-7,9-11H2,1H3. The van der Waals surface area contributed by atoms with E-state index in [2.05, 4.69) is 16.9 Å². The van der Waals surface area contributed by atoms with Crippen molar-refractivity contribution in [2.45, 2.75) is 32.6 Å². The van der Waals surface area contributed by atoms with E-state index in [0.717, 1.165) is 41.8 Å². The van der Waals surface area contributed by atoms with Gasteiger partial charge in [-0.25, -0.2) is 4.98 Å². The molecule has 0 aromatic carbocycles. The van der Waals surface area contributed by atoms with Crippen molar-refractivity contribution in [2.75, 3.05) is 13.1 Å². The molecule has 4 nitrogen and oxygen atoms in total. The Morgan fingerprint density at radius 2 is 2.27 bits per heavy atom. The Labute approximate surface area is 135 Å². The minimum Gasteiger partial charge on any atom is -0.342 e. The van der Waals surface area contributed by atoms with E-state index >= 15 is 0 Å². The van der Waals surface area contributed by atoms with Gasteiger partial charge in [-0.1, -0.05) is 13.0 Å².